The van der Waals surface area contributed by atoms with Gasteiger partial charge in [0.1, 0.15) is 0 Å². The van der Waals surface area contributed by atoms with Crippen LogP contribution in [-0.4, -0.2) is 65.2 Å². The average Bonchev–Trinajstić information content (AvgIpc) is 3.43. The van der Waals surface area contributed by atoms with E-state index in [0.717, 1.165) is 64.6 Å². The molecule has 1 aromatic heterocycles. The fraction of sp³-hybridized carbons (Fsp3) is 0.370. The Morgan fingerprint density at radius 3 is 2.63 bits per heavy atom. The molecule has 35 heavy (non-hydrogen) atoms. The van der Waals surface area contributed by atoms with Crippen molar-refractivity contribution in [1.82, 2.24) is 9.80 Å². The van der Waals surface area contributed by atoms with Crippen LogP contribution < -0.4 is 4.90 Å². The second-order valence-corrected chi connectivity index (χ2v) is 11.8. The Morgan fingerprint density at radius 2 is 1.80 bits per heavy atom. The van der Waals surface area contributed by atoms with E-state index >= 15 is 0 Å². The number of carbonyl (C=O) groups is 3. The molecule has 4 heterocycles. The predicted molar refractivity (Wildman–Crippen MR) is 141 cm³/mol. The van der Waals surface area contributed by atoms with Crippen LogP contribution >= 0.6 is 23.1 Å². The fourth-order valence-corrected chi connectivity index (χ4v) is 7.39. The first kappa shape index (κ1) is 22.6. The van der Waals surface area contributed by atoms with Gasteiger partial charge in [-0.1, -0.05) is 24.3 Å². The summed E-state index contributed by atoms with van der Waals surface area (Å²) in [5.41, 5.74) is 1.74. The van der Waals surface area contributed by atoms with Crippen LogP contribution in [0.2, 0.25) is 0 Å². The lowest BCUT2D eigenvalue weighted by Crippen LogP contribution is -2.47. The molecule has 2 fully saturated rings. The van der Waals surface area contributed by atoms with E-state index in [2.05, 4.69) is 17.0 Å². The van der Waals surface area contributed by atoms with Gasteiger partial charge in [0.25, 0.3) is 11.8 Å². The minimum atomic E-state index is -0.237. The largest absolute Gasteiger partial charge is 0.370 e. The van der Waals surface area contributed by atoms with Crippen molar-refractivity contribution in [2.75, 3.05) is 42.6 Å². The van der Waals surface area contributed by atoms with Crippen molar-refractivity contribution in [2.45, 2.75) is 19.4 Å². The number of hydrogen-bond donors (Lipinski definition) is 0. The maximum atomic E-state index is 13.6. The third kappa shape index (κ3) is 4.12. The van der Waals surface area contributed by atoms with E-state index < -0.39 is 0 Å². The van der Waals surface area contributed by atoms with Crippen molar-refractivity contribution in [1.29, 1.82) is 0 Å². The van der Waals surface area contributed by atoms with Gasteiger partial charge in [-0.05, 0) is 42.5 Å². The molecule has 1 atom stereocenters. The molecule has 6 rings (SSSR count). The van der Waals surface area contributed by atoms with E-state index in [9.17, 15) is 14.4 Å². The van der Waals surface area contributed by atoms with Gasteiger partial charge in [0.15, 0.2) is 0 Å². The van der Waals surface area contributed by atoms with Crippen molar-refractivity contribution in [3.63, 3.8) is 0 Å². The molecule has 0 N–H and O–H groups in total. The minimum Gasteiger partial charge on any atom is -0.370 e. The first-order valence-corrected chi connectivity index (χ1v) is 14.2. The summed E-state index contributed by atoms with van der Waals surface area (Å²) in [4.78, 5) is 46.5. The lowest BCUT2D eigenvalue weighted by molar-refractivity contribution is -0.135. The predicted octanol–water partition coefficient (Wildman–Crippen LogP) is 4.49. The number of nitrogens with zero attached hydrogens (tertiary/aromatic N) is 3. The molecular formula is C27H27N3O3S2. The Bertz CT molecular complexity index is 1280. The Labute approximate surface area is 212 Å². The van der Waals surface area contributed by atoms with E-state index in [1.165, 1.54) is 4.90 Å². The maximum Gasteiger partial charge on any atom is 0.264 e. The average molecular weight is 506 g/mol. The number of amides is 3. The first-order valence-electron chi connectivity index (χ1n) is 12.2. The minimum absolute atomic E-state index is 0.0652. The molecule has 0 saturated carbocycles. The van der Waals surface area contributed by atoms with Gasteiger partial charge >= 0.3 is 0 Å². The summed E-state index contributed by atoms with van der Waals surface area (Å²) in [7, 11) is 0. The molecule has 2 saturated heterocycles. The van der Waals surface area contributed by atoms with Gasteiger partial charge in [-0.25, -0.2) is 0 Å². The van der Waals surface area contributed by atoms with Crippen LogP contribution in [0, 0.1) is 5.92 Å². The number of fused-ring (bicyclic) bond motifs is 2. The van der Waals surface area contributed by atoms with Gasteiger partial charge in [-0.3, -0.25) is 19.3 Å². The monoisotopic (exact) mass is 505 g/mol. The highest BCUT2D eigenvalue weighted by Gasteiger charge is 2.40. The summed E-state index contributed by atoms with van der Waals surface area (Å²) in [6, 6.07) is 15.7. The zero-order valence-corrected chi connectivity index (χ0v) is 21.1. The highest BCUT2D eigenvalue weighted by Crippen LogP contribution is 2.36. The smallest absolute Gasteiger partial charge is 0.264 e. The molecule has 0 radical (unpaired) electrons. The Hall–Kier alpha value is -2.84. The van der Waals surface area contributed by atoms with Gasteiger partial charge in [0.2, 0.25) is 5.91 Å². The molecule has 3 aliphatic rings. The van der Waals surface area contributed by atoms with Gasteiger partial charge in [0, 0.05) is 47.3 Å². The number of anilines is 1. The second-order valence-electron chi connectivity index (χ2n) is 9.37. The van der Waals surface area contributed by atoms with E-state index in [1.54, 1.807) is 17.4 Å². The van der Waals surface area contributed by atoms with Gasteiger partial charge < -0.3 is 9.80 Å². The summed E-state index contributed by atoms with van der Waals surface area (Å²) in [6.45, 7) is 3.30. The molecule has 0 unspecified atom stereocenters. The number of thioether (sulfide) groups is 1. The van der Waals surface area contributed by atoms with Crippen LogP contribution in [0.25, 0.3) is 10.1 Å². The Balaban J connectivity index is 1.24. The summed E-state index contributed by atoms with van der Waals surface area (Å²) in [6.07, 6.45) is 1.77. The van der Waals surface area contributed by atoms with Crippen LogP contribution in [0.5, 0.6) is 0 Å². The second kappa shape index (κ2) is 9.32. The third-order valence-corrected chi connectivity index (χ3v) is 9.24. The summed E-state index contributed by atoms with van der Waals surface area (Å²) in [5, 5.41) is 1.13. The van der Waals surface area contributed by atoms with E-state index in [4.69, 9.17) is 0 Å². The van der Waals surface area contributed by atoms with E-state index in [-0.39, 0.29) is 30.2 Å². The van der Waals surface area contributed by atoms with Crippen LogP contribution in [0.1, 0.15) is 38.4 Å². The molecule has 2 aromatic carbocycles. The maximum absolute atomic E-state index is 13.6. The zero-order chi connectivity index (χ0) is 23.9. The van der Waals surface area contributed by atoms with Gasteiger partial charge in [-0.2, -0.15) is 11.8 Å². The zero-order valence-electron chi connectivity index (χ0n) is 19.4. The summed E-state index contributed by atoms with van der Waals surface area (Å²) in [5.74, 6) is 1.70. The standard InChI is InChI=1S/C27H27N3O3S2/c31-25(28-11-13-34-14-12-28)19-6-4-10-29(16-19)22-8-3-7-21-24(22)27(33)30(26(21)32)17-20-15-18-5-1-2-9-23(18)35-20/h1-3,5,7-9,15,19H,4,6,10-14,16-17H2/t19-/m0/s1. The molecule has 0 aliphatic carbocycles. The van der Waals surface area contributed by atoms with Gasteiger partial charge in [-0.15, -0.1) is 11.3 Å². The van der Waals surface area contributed by atoms with Crippen molar-refractivity contribution in [3.05, 3.63) is 64.5 Å². The number of carbonyl (C=O) groups excluding carboxylic acids is 3. The van der Waals surface area contributed by atoms with Crippen molar-refractivity contribution in [3.8, 4) is 0 Å². The van der Waals surface area contributed by atoms with E-state index in [1.807, 2.05) is 47.0 Å². The molecule has 3 aromatic rings. The number of thiophene rings is 1. The highest BCUT2D eigenvalue weighted by molar-refractivity contribution is 7.99. The van der Waals surface area contributed by atoms with E-state index in [0.29, 0.717) is 17.7 Å². The molecule has 180 valence electrons. The fourth-order valence-electron chi connectivity index (χ4n) is 5.43. The Kier molecular flexibility index (Phi) is 6.02. The van der Waals surface area contributed by atoms with Gasteiger partial charge in [0.05, 0.1) is 29.3 Å². The normalized spacial score (nSPS) is 20.6. The molecule has 3 aliphatic heterocycles. The van der Waals surface area contributed by atoms with Crippen molar-refractivity contribution < 1.29 is 14.4 Å². The number of benzene rings is 2. The van der Waals surface area contributed by atoms with Crippen molar-refractivity contribution in [2.24, 2.45) is 5.92 Å². The number of piperidine rings is 1. The first-order chi connectivity index (χ1) is 17.1. The molecule has 0 bridgehead atoms. The highest BCUT2D eigenvalue weighted by atomic mass is 32.2. The topological polar surface area (TPSA) is 60.9 Å². The summed E-state index contributed by atoms with van der Waals surface area (Å²) >= 11 is 3.51. The molecule has 6 nitrogen and oxygen atoms in total. The Morgan fingerprint density at radius 1 is 0.971 bits per heavy atom. The number of hydrogen-bond acceptors (Lipinski definition) is 6. The molecule has 0 spiro atoms. The van der Waals surface area contributed by atoms with Crippen LogP contribution in [0.15, 0.2) is 48.5 Å². The SMILES string of the molecule is O=C([C@H]1CCCN(c2cccc3c2C(=O)N(Cc2cc4ccccc4s2)C3=O)C1)N1CCSCC1. The van der Waals surface area contributed by atoms with Crippen LogP contribution in [0.3, 0.4) is 0 Å². The lowest BCUT2D eigenvalue weighted by atomic mass is 9.94. The summed E-state index contributed by atoms with van der Waals surface area (Å²) < 4.78 is 1.15. The lowest BCUT2D eigenvalue weighted by Gasteiger charge is -2.37. The van der Waals surface area contributed by atoms with Crippen LogP contribution in [0.4, 0.5) is 5.69 Å². The van der Waals surface area contributed by atoms with Crippen molar-refractivity contribution >= 4 is 56.6 Å². The molecular weight excluding hydrogens is 478 g/mol. The quantitative estimate of drug-likeness (QED) is 0.489. The molecule has 3 amide bonds. The molecule has 8 heteroatoms. The number of rotatable bonds is 4. The third-order valence-electron chi connectivity index (χ3n) is 7.20. The van der Waals surface area contributed by atoms with Crippen LogP contribution in [-0.2, 0) is 11.3 Å². The number of imide groups is 1.